The molecule has 0 aliphatic carbocycles. The highest BCUT2D eigenvalue weighted by molar-refractivity contribution is 9.10. The first-order chi connectivity index (χ1) is 8.99. The van der Waals surface area contributed by atoms with Crippen LogP contribution in [0.25, 0.3) is 0 Å². The molecule has 1 heterocycles. The number of pyridine rings is 1. The Kier molecular flexibility index (Phi) is 4.57. The van der Waals surface area contributed by atoms with Crippen molar-refractivity contribution in [3.05, 3.63) is 57.8 Å². The molecule has 0 radical (unpaired) electrons. The second-order valence-electron chi connectivity index (χ2n) is 3.73. The lowest BCUT2D eigenvalue weighted by molar-refractivity contribution is 0.581. The van der Waals surface area contributed by atoms with E-state index in [9.17, 15) is 8.42 Å². The minimum absolute atomic E-state index is 0.0870. The predicted molar refractivity (Wildman–Crippen MR) is 77.4 cm³/mol. The van der Waals surface area contributed by atoms with Crippen LogP contribution in [-0.4, -0.2) is 13.4 Å². The molecule has 100 valence electrons. The SMILES string of the molecule is O=S(=O)(NCc1ccccc1Br)c1ccc(Cl)nc1. The highest BCUT2D eigenvalue weighted by atomic mass is 79.9. The molecule has 0 saturated carbocycles. The van der Waals surface area contributed by atoms with Gasteiger partial charge in [-0.05, 0) is 23.8 Å². The maximum atomic E-state index is 12.0. The Balaban J connectivity index is 2.14. The van der Waals surface area contributed by atoms with Gasteiger partial charge in [-0.3, -0.25) is 0 Å². The lowest BCUT2D eigenvalue weighted by Gasteiger charge is -2.07. The monoisotopic (exact) mass is 360 g/mol. The van der Waals surface area contributed by atoms with E-state index in [0.717, 1.165) is 10.0 Å². The number of nitrogens with one attached hydrogen (secondary N) is 1. The summed E-state index contributed by atoms with van der Waals surface area (Å²) in [5.74, 6) is 0. The van der Waals surface area contributed by atoms with Crippen molar-refractivity contribution in [2.45, 2.75) is 11.4 Å². The van der Waals surface area contributed by atoms with Gasteiger partial charge >= 0.3 is 0 Å². The number of rotatable bonds is 4. The van der Waals surface area contributed by atoms with Gasteiger partial charge in [0.05, 0.1) is 0 Å². The van der Waals surface area contributed by atoms with Crippen LogP contribution >= 0.6 is 27.5 Å². The summed E-state index contributed by atoms with van der Waals surface area (Å²) in [6, 6.07) is 10.3. The number of hydrogen-bond acceptors (Lipinski definition) is 3. The van der Waals surface area contributed by atoms with Crippen molar-refractivity contribution in [1.29, 1.82) is 0 Å². The van der Waals surface area contributed by atoms with Crippen LogP contribution in [0.5, 0.6) is 0 Å². The molecule has 1 N–H and O–H groups in total. The molecular formula is C12H10BrClN2O2S. The van der Waals surface area contributed by atoms with Crippen LogP contribution in [-0.2, 0) is 16.6 Å². The quantitative estimate of drug-likeness (QED) is 0.852. The summed E-state index contributed by atoms with van der Waals surface area (Å²) in [5.41, 5.74) is 0.855. The zero-order valence-electron chi connectivity index (χ0n) is 9.68. The van der Waals surface area contributed by atoms with Gasteiger partial charge in [0.25, 0.3) is 0 Å². The molecule has 1 aromatic carbocycles. The Bertz CT molecular complexity index is 674. The summed E-state index contributed by atoms with van der Waals surface area (Å²) in [5, 5.41) is 0.254. The Morgan fingerprint density at radius 1 is 1.21 bits per heavy atom. The van der Waals surface area contributed by atoms with Gasteiger partial charge in [-0.1, -0.05) is 45.7 Å². The Morgan fingerprint density at radius 3 is 2.58 bits per heavy atom. The molecule has 0 amide bonds. The molecule has 2 rings (SSSR count). The summed E-state index contributed by atoms with van der Waals surface area (Å²) in [6.45, 7) is 0.201. The largest absolute Gasteiger partial charge is 0.243 e. The Morgan fingerprint density at radius 2 is 1.95 bits per heavy atom. The zero-order valence-corrected chi connectivity index (χ0v) is 12.8. The van der Waals surface area contributed by atoms with Crippen molar-refractivity contribution in [3.63, 3.8) is 0 Å². The number of sulfonamides is 1. The first kappa shape index (κ1) is 14.5. The third-order valence-corrected chi connectivity index (χ3v) is 4.80. The lowest BCUT2D eigenvalue weighted by atomic mass is 10.2. The second kappa shape index (κ2) is 6.00. The number of nitrogens with zero attached hydrogens (tertiary/aromatic N) is 1. The third-order valence-electron chi connectivity index (χ3n) is 2.42. The molecule has 0 spiro atoms. The van der Waals surface area contributed by atoms with Crippen molar-refractivity contribution in [2.24, 2.45) is 0 Å². The first-order valence-electron chi connectivity index (χ1n) is 5.34. The fourth-order valence-electron chi connectivity index (χ4n) is 1.42. The summed E-state index contributed by atoms with van der Waals surface area (Å²) in [7, 11) is -3.58. The maximum absolute atomic E-state index is 12.0. The summed E-state index contributed by atoms with van der Waals surface area (Å²) in [6.07, 6.45) is 1.23. The smallest absolute Gasteiger partial charge is 0.242 e. The van der Waals surface area contributed by atoms with Gasteiger partial charge in [0.2, 0.25) is 10.0 Å². The number of halogens is 2. The van der Waals surface area contributed by atoms with Crippen molar-refractivity contribution in [2.75, 3.05) is 0 Å². The van der Waals surface area contributed by atoms with Gasteiger partial charge in [0.1, 0.15) is 10.0 Å². The second-order valence-corrected chi connectivity index (χ2v) is 6.74. The summed E-state index contributed by atoms with van der Waals surface area (Å²) >= 11 is 8.99. The van der Waals surface area contributed by atoms with Crippen molar-refractivity contribution >= 4 is 37.6 Å². The molecule has 0 aliphatic heterocycles. The van der Waals surface area contributed by atoms with E-state index in [1.807, 2.05) is 24.3 Å². The van der Waals surface area contributed by atoms with Gasteiger partial charge < -0.3 is 0 Å². The van der Waals surface area contributed by atoms with Crippen LogP contribution in [0.1, 0.15) is 5.56 Å². The fraction of sp³-hybridized carbons (Fsp3) is 0.0833. The van der Waals surface area contributed by atoms with E-state index >= 15 is 0 Å². The maximum Gasteiger partial charge on any atom is 0.242 e. The molecule has 0 unspecified atom stereocenters. The minimum atomic E-state index is -3.58. The van der Waals surface area contributed by atoms with Crippen LogP contribution in [0, 0.1) is 0 Å². The highest BCUT2D eigenvalue weighted by Gasteiger charge is 2.14. The molecular weight excluding hydrogens is 352 g/mol. The number of aromatic nitrogens is 1. The van der Waals surface area contributed by atoms with Gasteiger partial charge in [0, 0.05) is 17.2 Å². The van der Waals surface area contributed by atoms with Gasteiger partial charge in [-0.2, -0.15) is 0 Å². The Labute approximate surface area is 125 Å². The van der Waals surface area contributed by atoms with E-state index in [2.05, 4.69) is 25.6 Å². The van der Waals surface area contributed by atoms with Gasteiger partial charge in [-0.15, -0.1) is 0 Å². The molecule has 1 aromatic heterocycles. The Hall–Kier alpha value is -0.950. The van der Waals surface area contributed by atoms with E-state index < -0.39 is 10.0 Å². The topological polar surface area (TPSA) is 59.1 Å². The average Bonchev–Trinajstić information content (AvgIpc) is 2.38. The van der Waals surface area contributed by atoms with E-state index in [-0.39, 0.29) is 16.6 Å². The predicted octanol–water partition coefficient (Wildman–Crippen LogP) is 2.98. The molecule has 0 aliphatic rings. The van der Waals surface area contributed by atoms with Crippen LogP contribution in [0.2, 0.25) is 5.15 Å². The van der Waals surface area contributed by atoms with Gasteiger partial charge in [0.15, 0.2) is 0 Å². The summed E-state index contributed by atoms with van der Waals surface area (Å²) in [4.78, 5) is 3.84. The minimum Gasteiger partial charge on any atom is -0.243 e. The lowest BCUT2D eigenvalue weighted by Crippen LogP contribution is -2.23. The molecule has 0 saturated heterocycles. The molecule has 0 fully saturated rings. The molecule has 0 atom stereocenters. The van der Waals surface area contributed by atoms with Gasteiger partial charge in [-0.25, -0.2) is 18.1 Å². The molecule has 2 aromatic rings. The van der Waals surface area contributed by atoms with Crippen LogP contribution < -0.4 is 4.72 Å². The molecule has 0 bridgehead atoms. The molecule has 4 nitrogen and oxygen atoms in total. The number of benzene rings is 1. The standard InChI is InChI=1S/C12H10BrClN2O2S/c13-11-4-2-1-3-9(11)7-16-19(17,18)10-5-6-12(14)15-8-10/h1-6,8,16H,7H2. The zero-order chi connectivity index (χ0) is 13.9. The van der Waals surface area contributed by atoms with Crippen molar-refractivity contribution in [3.8, 4) is 0 Å². The molecule has 7 heteroatoms. The molecule has 19 heavy (non-hydrogen) atoms. The van der Waals surface area contributed by atoms with E-state index in [1.165, 1.54) is 18.3 Å². The number of hydrogen-bond donors (Lipinski definition) is 1. The van der Waals surface area contributed by atoms with E-state index in [1.54, 1.807) is 0 Å². The first-order valence-corrected chi connectivity index (χ1v) is 7.99. The van der Waals surface area contributed by atoms with E-state index in [0.29, 0.717) is 0 Å². The fourth-order valence-corrected chi connectivity index (χ4v) is 2.91. The highest BCUT2D eigenvalue weighted by Crippen LogP contribution is 2.17. The van der Waals surface area contributed by atoms with Crippen LogP contribution in [0.15, 0.2) is 52.0 Å². The third kappa shape index (κ3) is 3.76. The summed E-state index contributed by atoms with van der Waals surface area (Å²) < 4.78 is 27.4. The normalized spacial score (nSPS) is 11.5. The average molecular weight is 362 g/mol. The van der Waals surface area contributed by atoms with E-state index in [4.69, 9.17) is 11.6 Å². The van der Waals surface area contributed by atoms with Crippen molar-refractivity contribution < 1.29 is 8.42 Å². The van der Waals surface area contributed by atoms with Crippen LogP contribution in [0.3, 0.4) is 0 Å². The van der Waals surface area contributed by atoms with Crippen molar-refractivity contribution in [1.82, 2.24) is 9.71 Å². The van der Waals surface area contributed by atoms with Crippen LogP contribution in [0.4, 0.5) is 0 Å².